The molecule has 4 N–H and O–H groups in total. The molecule has 0 saturated heterocycles. The number of aromatic hydroxyl groups is 2. The number of phenolic OH excluding ortho intramolecular Hbond substituents is 2. The third-order valence-corrected chi connectivity index (χ3v) is 13.1. The van der Waals surface area contributed by atoms with Gasteiger partial charge in [0, 0.05) is 0 Å². The topological polar surface area (TPSA) is 116 Å². The quantitative estimate of drug-likeness (QED) is 0.124. The largest absolute Gasteiger partial charge is 0.508 e. The number of imidazole rings is 2. The van der Waals surface area contributed by atoms with E-state index in [4.69, 9.17) is 0 Å². The van der Waals surface area contributed by atoms with Gasteiger partial charge in [-0.05, 0) is 159 Å². The molecule has 280 valence electrons. The smallest absolute Gasteiger partial charge is 0.119 e. The van der Waals surface area contributed by atoms with Gasteiger partial charge in [-0.25, -0.2) is 9.97 Å². The van der Waals surface area contributed by atoms with E-state index in [1.165, 1.54) is 36.8 Å². The first-order valence-corrected chi connectivity index (χ1v) is 20.3. The zero-order valence-corrected chi connectivity index (χ0v) is 30.9. The monoisotopic (exact) mass is 724 g/mol. The van der Waals surface area contributed by atoms with E-state index in [2.05, 4.69) is 43.0 Å². The van der Waals surface area contributed by atoms with Crippen molar-refractivity contribution in [3.63, 3.8) is 0 Å². The van der Waals surface area contributed by atoms with E-state index in [0.29, 0.717) is 35.2 Å². The summed E-state index contributed by atoms with van der Waals surface area (Å²) in [7, 11) is 0. The highest BCUT2D eigenvalue weighted by atomic mass is 16.3. The standard InChI is InChI=1S/2C23H26N2O2/c2*26-21-4-2-1-3-19(21)15-7-9-17(10-8-15)23(27)22-20(16-5-6-16)12-11-18-13-24-14-25(18)22/h2*1-4,11-17,23,26-27H,5-10H2/t2*15?,17?,23-/m10/s1. The predicted octanol–water partition coefficient (Wildman–Crippen LogP) is 9.85. The van der Waals surface area contributed by atoms with Crippen molar-refractivity contribution in [2.24, 2.45) is 11.8 Å². The summed E-state index contributed by atoms with van der Waals surface area (Å²) in [4.78, 5) is 8.59. The van der Waals surface area contributed by atoms with Crippen molar-refractivity contribution in [2.75, 3.05) is 0 Å². The minimum absolute atomic E-state index is 0.262. The van der Waals surface area contributed by atoms with Crippen molar-refractivity contribution < 1.29 is 20.4 Å². The first-order valence-electron chi connectivity index (χ1n) is 20.3. The Kier molecular flexibility index (Phi) is 9.66. The molecule has 0 bridgehead atoms. The Labute approximate surface area is 317 Å². The Morgan fingerprint density at radius 1 is 0.444 bits per heavy atom. The van der Waals surface area contributed by atoms with Gasteiger partial charge in [-0.2, -0.15) is 0 Å². The maximum atomic E-state index is 11.3. The number of benzene rings is 2. The van der Waals surface area contributed by atoms with Crippen LogP contribution < -0.4 is 0 Å². The van der Waals surface area contributed by atoms with E-state index >= 15 is 0 Å². The number of aromatic nitrogens is 4. The molecule has 54 heavy (non-hydrogen) atoms. The van der Waals surface area contributed by atoms with Crippen LogP contribution >= 0.6 is 0 Å². The number of nitrogens with zero attached hydrogens (tertiary/aromatic N) is 4. The number of hydrogen-bond donors (Lipinski definition) is 4. The second-order valence-corrected chi connectivity index (χ2v) is 16.5. The molecule has 0 unspecified atom stereocenters. The van der Waals surface area contributed by atoms with Gasteiger partial charge in [-0.15, -0.1) is 0 Å². The molecular formula is C46H52N4O4. The fourth-order valence-electron chi connectivity index (χ4n) is 9.77. The average Bonchev–Trinajstić information content (AvgIpc) is 4.14. The molecule has 0 aliphatic heterocycles. The first kappa shape index (κ1) is 35.1. The van der Waals surface area contributed by atoms with Gasteiger partial charge in [0.1, 0.15) is 11.5 Å². The van der Waals surface area contributed by atoms with Crippen molar-refractivity contribution in [2.45, 2.75) is 113 Å². The fourth-order valence-corrected chi connectivity index (χ4v) is 9.77. The van der Waals surface area contributed by atoms with E-state index in [1.54, 1.807) is 12.1 Å². The van der Waals surface area contributed by atoms with E-state index in [1.807, 2.05) is 61.4 Å². The molecule has 4 heterocycles. The second-order valence-electron chi connectivity index (χ2n) is 16.5. The normalized spacial score (nSPS) is 24.2. The van der Waals surface area contributed by atoms with Gasteiger partial charge in [0.25, 0.3) is 0 Å². The Balaban J connectivity index is 0.000000142. The molecular weight excluding hydrogens is 673 g/mol. The number of rotatable bonds is 8. The van der Waals surface area contributed by atoms with Gasteiger partial charge in [0.05, 0.1) is 59.7 Å². The maximum Gasteiger partial charge on any atom is 0.119 e. The van der Waals surface area contributed by atoms with Crippen LogP contribution in [0.2, 0.25) is 0 Å². The molecule has 10 rings (SSSR count). The summed E-state index contributed by atoms with van der Waals surface area (Å²) < 4.78 is 4.18. The van der Waals surface area contributed by atoms with Gasteiger partial charge < -0.3 is 29.2 Å². The summed E-state index contributed by atoms with van der Waals surface area (Å²) in [6, 6.07) is 24.0. The molecule has 4 aliphatic rings. The minimum Gasteiger partial charge on any atom is -0.508 e. The average molecular weight is 725 g/mol. The van der Waals surface area contributed by atoms with Crippen LogP contribution in [0, 0.1) is 11.8 Å². The van der Waals surface area contributed by atoms with Crippen molar-refractivity contribution in [1.82, 2.24) is 18.8 Å². The van der Waals surface area contributed by atoms with Gasteiger partial charge in [0.15, 0.2) is 0 Å². The molecule has 4 saturated carbocycles. The molecule has 6 aromatic rings. The lowest BCUT2D eigenvalue weighted by atomic mass is 9.75. The van der Waals surface area contributed by atoms with Crippen LogP contribution in [0.25, 0.3) is 11.0 Å². The van der Waals surface area contributed by atoms with Crippen molar-refractivity contribution in [1.29, 1.82) is 0 Å². The van der Waals surface area contributed by atoms with E-state index < -0.39 is 12.2 Å². The summed E-state index contributed by atoms with van der Waals surface area (Å²) in [6.07, 6.45) is 19.4. The van der Waals surface area contributed by atoms with Crippen LogP contribution in [-0.4, -0.2) is 39.2 Å². The number of pyridine rings is 2. The van der Waals surface area contributed by atoms with Crippen LogP contribution in [0.4, 0.5) is 0 Å². The lowest BCUT2D eigenvalue weighted by Crippen LogP contribution is -2.22. The van der Waals surface area contributed by atoms with Crippen LogP contribution in [0.5, 0.6) is 11.5 Å². The summed E-state index contributed by atoms with van der Waals surface area (Å²) in [5.41, 5.74) is 8.93. The molecule has 0 radical (unpaired) electrons. The number of aliphatic hydroxyl groups is 2. The molecule has 4 fully saturated rings. The summed E-state index contributed by atoms with van der Waals surface area (Å²) >= 11 is 0. The zero-order chi connectivity index (χ0) is 36.8. The van der Waals surface area contributed by atoms with Crippen molar-refractivity contribution in [3.8, 4) is 11.5 Å². The van der Waals surface area contributed by atoms with Gasteiger partial charge in [-0.1, -0.05) is 48.5 Å². The molecule has 4 aromatic heterocycles. The summed E-state index contributed by atoms with van der Waals surface area (Å²) in [5.74, 6) is 3.30. The highest BCUT2D eigenvalue weighted by molar-refractivity contribution is 5.51. The molecule has 8 heteroatoms. The summed E-state index contributed by atoms with van der Waals surface area (Å²) in [6.45, 7) is 0. The molecule has 2 aromatic carbocycles. The number of aliphatic hydroxyl groups excluding tert-OH is 2. The Morgan fingerprint density at radius 2 is 0.796 bits per heavy atom. The van der Waals surface area contributed by atoms with E-state index in [9.17, 15) is 20.4 Å². The van der Waals surface area contributed by atoms with E-state index in [-0.39, 0.29) is 11.8 Å². The number of fused-ring (bicyclic) bond motifs is 2. The second kappa shape index (κ2) is 14.9. The number of hydrogen-bond acceptors (Lipinski definition) is 6. The molecule has 0 spiro atoms. The van der Waals surface area contributed by atoms with Gasteiger partial charge in [-0.3, -0.25) is 0 Å². The number of para-hydroxylation sites is 2. The zero-order valence-electron chi connectivity index (χ0n) is 30.9. The molecule has 2 atom stereocenters. The SMILES string of the molecule is Oc1ccccc1C1CCC([C@@H](O)c2c(C3CC3)ccc3cncn23)CC1.Oc1ccccc1C1CCC([C@H](O)c2c(C3CC3)ccc3cncn23)CC1. The third-order valence-electron chi connectivity index (χ3n) is 13.1. The lowest BCUT2D eigenvalue weighted by Gasteiger charge is -2.33. The molecule has 0 amide bonds. The fraction of sp³-hybridized carbons (Fsp3) is 0.435. The van der Waals surface area contributed by atoms with E-state index in [0.717, 1.165) is 84.9 Å². The highest BCUT2D eigenvalue weighted by Gasteiger charge is 2.36. The third kappa shape index (κ3) is 6.90. The number of phenols is 2. The van der Waals surface area contributed by atoms with Crippen LogP contribution in [0.3, 0.4) is 0 Å². The van der Waals surface area contributed by atoms with Crippen LogP contribution in [-0.2, 0) is 0 Å². The Hall–Kier alpha value is -4.66. The molecule has 8 nitrogen and oxygen atoms in total. The maximum absolute atomic E-state index is 11.3. The highest BCUT2D eigenvalue weighted by Crippen LogP contribution is 2.49. The van der Waals surface area contributed by atoms with Crippen LogP contribution in [0.1, 0.15) is 147 Å². The summed E-state index contributed by atoms with van der Waals surface area (Å²) in [5, 5.41) is 43.0. The van der Waals surface area contributed by atoms with Gasteiger partial charge >= 0.3 is 0 Å². The Morgan fingerprint density at radius 3 is 1.17 bits per heavy atom. The van der Waals surface area contributed by atoms with Crippen molar-refractivity contribution in [3.05, 3.63) is 131 Å². The van der Waals surface area contributed by atoms with Gasteiger partial charge in [0.2, 0.25) is 0 Å². The lowest BCUT2D eigenvalue weighted by molar-refractivity contribution is 0.0751. The van der Waals surface area contributed by atoms with Crippen LogP contribution in [0.15, 0.2) is 97.8 Å². The Bertz CT molecular complexity index is 2060. The minimum atomic E-state index is -0.455. The molecule has 4 aliphatic carbocycles. The first-order chi connectivity index (χ1) is 26.4. The predicted molar refractivity (Wildman–Crippen MR) is 210 cm³/mol. The van der Waals surface area contributed by atoms with Crippen molar-refractivity contribution >= 4 is 11.0 Å².